The van der Waals surface area contributed by atoms with Crippen molar-refractivity contribution in [1.29, 1.82) is 0 Å². The molecule has 1 atom stereocenters. The van der Waals surface area contributed by atoms with Gasteiger partial charge in [0.15, 0.2) is 0 Å². The Balaban J connectivity index is 1.85. The largest absolute Gasteiger partial charge is 0.393 e. The molecule has 0 aromatic carbocycles. The highest BCUT2D eigenvalue weighted by molar-refractivity contribution is 7.09. The maximum Gasteiger partial charge on any atom is 0.205 e. The molecule has 3 rings (SSSR count). The lowest BCUT2D eigenvalue weighted by Crippen LogP contribution is -2.59. The van der Waals surface area contributed by atoms with E-state index >= 15 is 0 Å². The van der Waals surface area contributed by atoms with Gasteiger partial charge in [0.25, 0.3) is 0 Å². The molecule has 0 radical (unpaired) electrons. The van der Waals surface area contributed by atoms with E-state index in [0.29, 0.717) is 0 Å². The maximum atomic E-state index is 9.87. The van der Waals surface area contributed by atoms with Crippen molar-refractivity contribution >= 4 is 16.7 Å². The molecular weight excluding hydrogens is 234 g/mol. The summed E-state index contributed by atoms with van der Waals surface area (Å²) in [5.74, 6) is 0.950. The molecule has 2 aliphatic rings. The van der Waals surface area contributed by atoms with Gasteiger partial charge in [-0.1, -0.05) is 6.92 Å². The molecule has 0 amide bonds. The van der Waals surface area contributed by atoms with E-state index < -0.39 is 0 Å². The summed E-state index contributed by atoms with van der Waals surface area (Å²) in [7, 11) is 0. The number of anilines is 1. The Morgan fingerprint density at radius 2 is 2.35 bits per heavy atom. The molecule has 17 heavy (non-hydrogen) atoms. The van der Waals surface area contributed by atoms with Gasteiger partial charge < -0.3 is 10.0 Å². The van der Waals surface area contributed by atoms with Crippen molar-refractivity contribution < 1.29 is 5.11 Å². The predicted octanol–water partition coefficient (Wildman–Crippen LogP) is 1.98. The second-order valence-electron chi connectivity index (χ2n) is 5.22. The smallest absolute Gasteiger partial charge is 0.205 e. The highest BCUT2D eigenvalue weighted by Gasteiger charge is 2.47. The molecule has 2 heterocycles. The molecule has 4 nitrogen and oxygen atoms in total. The molecule has 2 fully saturated rings. The molecule has 1 saturated heterocycles. The number of nitrogens with zero attached hydrogens (tertiary/aromatic N) is 3. The van der Waals surface area contributed by atoms with Crippen LogP contribution in [0.15, 0.2) is 0 Å². The van der Waals surface area contributed by atoms with E-state index in [1.165, 1.54) is 30.8 Å². The quantitative estimate of drug-likeness (QED) is 0.875. The van der Waals surface area contributed by atoms with Crippen molar-refractivity contribution in [3.63, 3.8) is 0 Å². The zero-order chi connectivity index (χ0) is 11.9. The monoisotopic (exact) mass is 253 g/mol. The standard InChI is InChI=1S/C12H19N3OS/c1-2-10-13-11(17-14-10)15-7-4-9(16)8-12(15)5-3-6-12/h9,16H,2-8H2,1H3. The van der Waals surface area contributed by atoms with Crippen molar-refractivity contribution in [2.75, 3.05) is 11.4 Å². The number of aryl methyl sites for hydroxylation is 1. The summed E-state index contributed by atoms with van der Waals surface area (Å²) in [5, 5.41) is 10.9. The van der Waals surface area contributed by atoms with Gasteiger partial charge in [-0.25, -0.2) is 4.98 Å². The number of hydrogen-bond donors (Lipinski definition) is 1. The van der Waals surface area contributed by atoms with Crippen LogP contribution in [-0.2, 0) is 6.42 Å². The van der Waals surface area contributed by atoms with Crippen LogP contribution >= 0.6 is 11.5 Å². The van der Waals surface area contributed by atoms with Gasteiger partial charge in [-0.15, -0.1) is 0 Å². The summed E-state index contributed by atoms with van der Waals surface area (Å²) < 4.78 is 4.38. The van der Waals surface area contributed by atoms with Gasteiger partial charge in [0.05, 0.1) is 6.10 Å². The first-order valence-electron chi connectivity index (χ1n) is 6.52. The van der Waals surface area contributed by atoms with E-state index in [1.54, 1.807) is 0 Å². The molecule has 94 valence electrons. The Kier molecular flexibility index (Phi) is 2.83. The maximum absolute atomic E-state index is 9.87. The van der Waals surface area contributed by atoms with Crippen molar-refractivity contribution in [1.82, 2.24) is 9.36 Å². The van der Waals surface area contributed by atoms with Crippen molar-refractivity contribution in [3.8, 4) is 0 Å². The topological polar surface area (TPSA) is 49.2 Å². The fraction of sp³-hybridized carbons (Fsp3) is 0.833. The minimum atomic E-state index is -0.120. The number of aliphatic hydroxyl groups is 1. The second kappa shape index (κ2) is 4.21. The number of aliphatic hydroxyl groups excluding tert-OH is 1. The Hall–Kier alpha value is -0.680. The number of hydrogen-bond acceptors (Lipinski definition) is 5. The molecule has 0 bridgehead atoms. The number of rotatable bonds is 2. The number of piperidine rings is 1. The van der Waals surface area contributed by atoms with E-state index in [2.05, 4.69) is 21.2 Å². The van der Waals surface area contributed by atoms with E-state index in [-0.39, 0.29) is 11.6 Å². The lowest BCUT2D eigenvalue weighted by atomic mass is 9.69. The van der Waals surface area contributed by atoms with E-state index in [4.69, 9.17) is 0 Å². The van der Waals surface area contributed by atoms with Crippen LogP contribution < -0.4 is 4.90 Å². The summed E-state index contributed by atoms with van der Waals surface area (Å²) in [4.78, 5) is 7.02. The Bertz CT molecular complexity index is 402. The lowest BCUT2D eigenvalue weighted by Gasteiger charge is -2.54. The lowest BCUT2D eigenvalue weighted by molar-refractivity contribution is 0.0608. The van der Waals surface area contributed by atoms with Gasteiger partial charge in [-0.2, -0.15) is 4.37 Å². The molecule has 5 heteroatoms. The second-order valence-corrected chi connectivity index (χ2v) is 5.95. The first-order valence-corrected chi connectivity index (χ1v) is 7.29. The highest BCUT2D eigenvalue weighted by Crippen LogP contribution is 2.46. The molecule has 1 aromatic heterocycles. The SMILES string of the molecule is CCc1nsc(N2CCC(O)CC23CCC3)n1. The molecular formula is C12H19N3OS. The van der Waals surface area contributed by atoms with Gasteiger partial charge >= 0.3 is 0 Å². The van der Waals surface area contributed by atoms with E-state index in [1.807, 2.05) is 0 Å². The highest BCUT2D eigenvalue weighted by atomic mass is 32.1. The predicted molar refractivity (Wildman–Crippen MR) is 68.5 cm³/mol. The fourth-order valence-corrected chi connectivity index (χ4v) is 3.91. The molecule has 1 N–H and O–H groups in total. The summed E-state index contributed by atoms with van der Waals surface area (Å²) in [6.07, 6.45) is 6.24. The van der Waals surface area contributed by atoms with Crippen LogP contribution in [-0.4, -0.2) is 32.7 Å². The zero-order valence-corrected chi connectivity index (χ0v) is 11.0. The van der Waals surface area contributed by atoms with Crippen molar-refractivity contribution in [3.05, 3.63) is 5.82 Å². The molecule has 1 unspecified atom stereocenters. The van der Waals surface area contributed by atoms with Crippen LogP contribution in [0.1, 0.15) is 44.9 Å². The van der Waals surface area contributed by atoms with Crippen molar-refractivity contribution in [2.24, 2.45) is 0 Å². The number of aromatic nitrogens is 2. The molecule has 1 saturated carbocycles. The van der Waals surface area contributed by atoms with Gasteiger partial charge in [0.2, 0.25) is 5.13 Å². The first kappa shape index (κ1) is 11.4. The molecule has 1 aliphatic carbocycles. The summed E-state index contributed by atoms with van der Waals surface area (Å²) in [5.41, 5.74) is 0.197. The molecule has 1 aromatic rings. The summed E-state index contributed by atoms with van der Waals surface area (Å²) in [6, 6.07) is 0. The summed E-state index contributed by atoms with van der Waals surface area (Å²) >= 11 is 1.52. The van der Waals surface area contributed by atoms with Crippen LogP contribution in [0.2, 0.25) is 0 Å². The Morgan fingerprint density at radius 1 is 1.53 bits per heavy atom. The fourth-order valence-electron chi connectivity index (χ4n) is 3.02. The van der Waals surface area contributed by atoms with Gasteiger partial charge in [0.1, 0.15) is 5.82 Å². The third kappa shape index (κ3) is 1.85. The van der Waals surface area contributed by atoms with E-state index in [9.17, 15) is 5.11 Å². The third-order valence-corrected chi connectivity index (χ3v) is 4.94. The van der Waals surface area contributed by atoms with Crippen molar-refractivity contribution in [2.45, 2.75) is 57.1 Å². The molecule has 1 aliphatic heterocycles. The minimum absolute atomic E-state index is 0.120. The van der Waals surface area contributed by atoms with Gasteiger partial charge in [-0.3, -0.25) is 0 Å². The van der Waals surface area contributed by atoms with Gasteiger partial charge in [0, 0.05) is 30.0 Å². The third-order valence-electron chi connectivity index (χ3n) is 4.16. The van der Waals surface area contributed by atoms with Crippen LogP contribution in [0.25, 0.3) is 0 Å². The Morgan fingerprint density at radius 3 is 2.94 bits per heavy atom. The van der Waals surface area contributed by atoms with Crippen LogP contribution in [0, 0.1) is 0 Å². The average molecular weight is 253 g/mol. The van der Waals surface area contributed by atoms with Gasteiger partial charge in [-0.05, 0) is 32.1 Å². The van der Waals surface area contributed by atoms with E-state index in [0.717, 1.165) is 36.8 Å². The molecule has 1 spiro atoms. The van der Waals surface area contributed by atoms with Crippen LogP contribution in [0.5, 0.6) is 0 Å². The zero-order valence-electron chi connectivity index (χ0n) is 10.2. The average Bonchev–Trinajstić information content (AvgIpc) is 2.75. The van der Waals surface area contributed by atoms with Crippen LogP contribution in [0.3, 0.4) is 0 Å². The minimum Gasteiger partial charge on any atom is -0.393 e. The summed E-state index contributed by atoms with van der Waals surface area (Å²) in [6.45, 7) is 3.02. The Labute approximate surface area is 106 Å². The normalized spacial score (nSPS) is 27.2. The van der Waals surface area contributed by atoms with Crippen LogP contribution in [0.4, 0.5) is 5.13 Å². The first-order chi connectivity index (χ1) is 8.23.